The molecule has 2 atom stereocenters. The molecular formula is C15H15Br2ClN2O4S. The second kappa shape index (κ2) is 5.94. The fourth-order valence-corrected chi connectivity index (χ4v) is 5.94. The SMILES string of the molecule is CC1(C)[C@@H](N2C(=O)C(Br)(Br)[C@@H]2Cl)C(=O)N(Cc2ccccc2)S1(=O)=O. The van der Waals surface area contributed by atoms with Gasteiger partial charge in [-0.2, -0.15) is 0 Å². The maximum Gasteiger partial charge on any atom is 0.260 e. The van der Waals surface area contributed by atoms with Gasteiger partial charge in [0.1, 0.15) is 16.3 Å². The van der Waals surface area contributed by atoms with E-state index in [-0.39, 0.29) is 6.54 Å². The molecule has 0 unspecified atom stereocenters. The van der Waals surface area contributed by atoms with Gasteiger partial charge in [0.15, 0.2) is 3.23 Å². The molecule has 0 aliphatic carbocycles. The van der Waals surface area contributed by atoms with Gasteiger partial charge in [0.05, 0.1) is 6.54 Å². The van der Waals surface area contributed by atoms with Gasteiger partial charge in [0, 0.05) is 0 Å². The second-order valence-corrected chi connectivity index (χ2v) is 12.9. The predicted octanol–water partition coefficient (Wildman–Crippen LogP) is 2.40. The van der Waals surface area contributed by atoms with Gasteiger partial charge in [-0.3, -0.25) is 9.59 Å². The molecule has 6 nitrogen and oxygen atoms in total. The largest absolute Gasteiger partial charge is 0.308 e. The highest BCUT2D eigenvalue weighted by Crippen LogP contribution is 2.51. The monoisotopic (exact) mass is 512 g/mol. The van der Waals surface area contributed by atoms with Crippen LogP contribution in [0.2, 0.25) is 0 Å². The molecule has 2 aliphatic rings. The minimum absolute atomic E-state index is 0.0787. The fraction of sp³-hybridized carbons (Fsp3) is 0.467. The standard InChI is InChI=1S/C15H15Br2ClN2O4S/c1-14(2)10(20-12(18)15(16,17)13(20)22)11(21)19(25(14,23)24)8-9-6-4-3-5-7-9/h3-7,10,12H,8H2,1-2H3/t10-,12+/m0/s1. The highest BCUT2D eigenvalue weighted by Gasteiger charge is 2.69. The first-order valence-corrected chi connectivity index (χ1v) is 10.8. The van der Waals surface area contributed by atoms with Gasteiger partial charge in [0.25, 0.3) is 11.8 Å². The lowest BCUT2D eigenvalue weighted by Gasteiger charge is -2.50. The molecule has 1 aromatic carbocycles. The summed E-state index contributed by atoms with van der Waals surface area (Å²) in [4.78, 5) is 26.4. The summed E-state index contributed by atoms with van der Waals surface area (Å²) in [5, 5.41) is 0. The maximum absolute atomic E-state index is 13.0. The molecule has 10 heteroatoms. The normalized spacial score (nSPS) is 29.6. The number of likely N-dealkylation sites (tertiary alicyclic amines) is 1. The predicted molar refractivity (Wildman–Crippen MR) is 101 cm³/mol. The number of β-lactam (4-membered cyclic amide) rings is 1. The molecule has 0 N–H and O–H groups in total. The number of hydrogen-bond donors (Lipinski definition) is 0. The summed E-state index contributed by atoms with van der Waals surface area (Å²) in [6.07, 6.45) is 0. The molecule has 2 heterocycles. The van der Waals surface area contributed by atoms with Crippen LogP contribution in [-0.2, 0) is 26.2 Å². The molecule has 2 saturated heterocycles. The lowest BCUT2D eigenvalue weighted by molar-refractivity contribution is -0.152. The van der Waals surface area contributed by atoms with Crippen molar-refractivity contribution in [2.75, 3.05) is 0 Å². The molecule has 2 aliphatic heterocycles. The minimum Gasteiger partial charge on any atom is -0.308 e. The second-order valence-electron chi connectivity index (χ2n) is 6.51. The van der Waals surface area contributed by atoms with Crippen LogP contribution < -0.4 is 0 Å². The van der Waals surface area contributed by atoms with Crippen molar-refractivity contribution in [3.05, 3.63) is 35.9 Å². The number of rotatable bonds is 3. The fourth-order valence-electron chi connectivity index (χ4n) is 3.08. The third-order valence-corrected chi connectivity index (χ3v) is 9.66. The summed E-state index contributed by atoms with van der Waals surface area (Å²) in [5.41, 5.74) is -0.205. The number of alkyl halides is 3. The van der Waals surface area contributed by atoms with Gasteiger partial charge in [-0.1, -0.05) is 73.8 Å². The van der Waals surface area contributed by atoms with Crippen LogP contribution in [0.4, 0.5) is 0 Å². The average Bonchev–Trinajstić information content (AvgIpc) is 2.67. The van der Waals surface area contributed by atoms with Gasteiger partial charge in [-0.05, 0) is 19.4 Å². The Kier molecular flexibility index (Phi) is 4.54. The highest BCUT2D eigenvalue weighted by atomic mass is 79.9. The van der Waals surface area contributed by atoms with E-state index in [0.717, 1.165) is 9.21 Å². The smallest absolute Gasteiger partial charge is 0.260 e. The minimum atomic E-state index is -3.97. The summed E-state index contributed by atoms with van der Waals surface area (Å²) in [7, 11) is -3.97. The third-order valence-electron chi connectivity index (χ3n) is 4.60. The Hall–Kier alpha value is -0.640. The van der Waals surface area contributed by atoms with Crippen LogP contribution in [-0.4, -0.2) is 49.0 Å². The average molecular weight is 515 g/mol. The van der Waals surface area contributed by atoms with Crippen LogP contribution >= 0.6 is 43.5 Å². The Balaban J connectivity index is 1.99. The lowest BCUT2D eigenvalue weighted by atomic mass is 9.96. The van der Waals surface area contributed by atoms with Gasteiger partial charge < -0.3 is 4.90 Å². The number of sulfonamides is 1. The Morgan fingerprint density at radius 1 is 1.16 bits per heavy atom. The molecule has 1 aromatic rings. The first kappa shape index (κ1) is 19.1. The van der Waals surface area contributed by atoms with E-state index in [1.165, 1.54) is 13.8 Å². The molecular weight excluding hydrogens is 500 g/mol. The van der Waals surface area contributed by atoms with Crippen molar-refractivity contribution >= 4 is 65.3 Å². The molecule has 0 bridgehead atoms. The Morgan fingerprint density at radius 2 is 1.72 bits per heavy atom. The van der Waals surface area contributed by atoms with E-state index >= 15 is 0 Å². The zero-order valence-corrected chi connectivity index (χ0v) is 18.1. The first-order chi connectivity index (χ1) is 11.4. The van der Waals surface area contributed by atoms with Gasteiger partial charge in [-0.15, -0.1) is 0 Å². The number of amides is 2. The van der Waals surface area contributed by atoms with E-state index in [0.29, 0.717) is 5.56 Å². The molecule has 25 heavy (non-hydrogen) atoms. The molecule has 0 radical (unpaired) electrons. The van der Waals surface area contributed by atoms with E-state index in [4.69, 9.17) is 11.6 Å². The zero-order chi connectivity index (χ0) is 18.8. The summed E-state index contributed by atoms with van der Waals surface area (Å²) >= 11 is 12.5. The molecule has 3 rings (SSSR count). The molecule has 2 amide bonds. The molecule has 0 aromatic heterocycles. The number of carbonyl (C=O) groups is 2. The van der Waals surface area contributed by atoms with E-state index < -0.39 is 41.4 Å². The van der Waals surface area contributed by atoms with E-state index in [1.54, 1.807) is 30.3 Å². The molecule has 0 saturated carbocycles. The zero-order valence-electron chi connectivity index (χ0n) is 13.3. The number of nitrogens with zero attached hydrogens (tertiary/aromatic N) is 2. The van der Waals surface area contributed by atoms with Crippen molar-refractivity contribution in [2.45, 2.75) is 39.9 Å². The quantitative estimate of drug-likeness (QED) is 0.353. The van der Waals surface area contributed by atoms with Crippen molar-refractivity contribution in [1.82, 2.24) is 9.21 Å². The topological polar surface area (TPSA) is 74.8 Å². The Morgan fingerprint density at radius 3 is 2.24 bits per heavy atom. The summed E-state index contributed by atoms with van der Waals surface area (Å²) in [6.45, 7) is 2.80. The highest BCUT2D eigenvalue weighted by molar-refractivity contribution is 9.26. The molecule has 136 valence electrons. The Labute approximate surface area is 167 Å². The van der Waals surface area contributed by atoms with E-state index in [1.807, 2.05) is 0 Å². The summed E-state index contributed by atoms with van der Waals surface area (Å²) < 4.78 is 24.1. The van der Waals surface area contributed by atoms with E-state index in [2.05, 4.69) is 31.9 Å². The Bertz CT molecular complexity index is 844. The van der Waals surface area contributed by atoms with E-state index in [9.17, 15) is 18.0 Å². The summed E-state index contributed by atoms with van der Waals surface area (Å²) in [6, 6.07) is 7.64. The molecule has 0 spiro atoms. The lowest BCUT2D eigenvalue weighted by Crippen LogP contribution is -2.72. The number of benzene rings is 1. The summed E-state index contributed by atoms with van der Waals surface area (Å²) in [5.74, 6) is -1.13. The van der Waals surface area contributed by atoms with Gasteiger partial charge in [0.2, 0.25) is 10.0 Å². The van der Waals surface area contributed by atoms with Gasteiger partial charge in [-0.25, -0.2) is 12.7 Å². The van der Waals surface area contributed by atoms with Crippen LogP contribution in [0.3, 0.4) is 0 Å². The van der Waals surface area contributed by atoms with Crippen molar-refractivity contribution in [1.29, 1.82) is 0 Å². The van der Waals surface area contributed by atoms with Crippen LogP contribution in [0, 0.1) is 0 Å². The third kappa shape index (κ3) is 2.57. The van der Waals surface area contributed by atoms with Gasteiger partial charge >= 0.3 is 0 Å². The number of carbonyl (C=O) groups excluding carboxylic acids is 2. The van der Waals surface area contributed by atoms with Crippen molar-refractivity contribution < 1.29 is 18.0 Å². The molecule has 2 fully saturated rings. The van der Waals surface area contributed by atoms with Crippen LogP contribution in [0.1, 0.15) is 19.4 Å². The van der Waals surface area contributed by atoms with Crippen LogP contribution in [0.25, 0.3) is 0 Å². The van der Waals surface area contributed by atoms with Crippen molar-refractivity contribution in [3.63, 3.8) is 0 Å². The number of hydrogen-bond acceptors (Lipinski definition) is 4. The van der Waals surface area contributed by atoms with Crippen molar-refractivity contribution in [2.24, 2.45) is 0 Å². The van der Waals surface area contributed by atoms with Crippen LogP contribution in [0.5, 0.6) is 0 Å². The van der Waals surface area contributed by atoms with Crippen LogP contribution in [0.15, 0.2) is 30.3 Å². The first-order valence-electron chi connectivity index (χ1n) is 7.38. The van der Waals surface area contributed by atoms with Crippen molar-refractivity contribution in [3.8, 4) is 0 Å². The maximum atomic E-state index is 13.0. The number of halogens is 3.